The number of carbonyl (C=O) groups is 2. The average Bonchev–Trinajstić information content (AvgIpc) is 2.59. The Kier molecular flexibility index (Phi) is 7.07. The SMILES string of the molecule is CCc1cccc(NC(=O)CNC(=O)CCC2CCNCC2)c1. The molecule has 1 aliphatic heterocycles. The summed E-state index contributed by atoms with van der Waals surface area (Å²) in [4.78, 5) is 23.7. The molecule has 5 nitrogen and oxygen atoms in total. The summed E-state index contributed by atoms with van der Waals surface area (Å²) in [6, 6.07) is 7.76. The zero-order chi connectivity index (χ0) is 16.5. The van der Waals surface area contributed by atoms with Crippen molar-refractivity contribution in [3.63, 3.8) is 0 Å². The molecular weight excluding hydrogens is 290 g/mol. The van der Waals surface area contributed by atoms with Crippen LogP contribution in [0, 0.1) is 5.92 Å². The Balaban J connectivity index is 1.65. The summed E-state index contributed by atoms with van der Waals surface area (Å²) in [5, 5.41) is 8.84. The van der Waals surface area contributed by atoms with E-state index < -0.39 is 0 Å². The molecule has 1 aromatic carbocycles. The number of benzene rings is 1. The Morgan fingerprint density at radius 2 is 2.00 bits per heavy atom. The molecule has 3 N–H and O–H groups in total. The highest BCUT2D eigenvalue weighted by atomic mass is 16.2. The van der Waals surface area contributed by atoms with Crippen molar-refractivity contribution in [1.82, 2.24) is 10.6 Å². The summed E-state index contributed by atoms with van der Waals surface area (Å²) in [5.74, 6) is 0.405. The number of rotatable bonds is 7. The van der Waals surface area contributed by atoms with Crippen molar-refractivity contribution in [2.24, 2.45) is 5.92 Å². The van der Waals surface area contributed by atoms with Crippen molar-refractivity contribution >= 4 is 17.5 Å². The van der Waals surface area contributed by atoms with E-state index in [1.807, 2.05) is 24.3 Å². The van der Waals surface area contributed by atoms with Crippen LogP contribution in [0.5, 0.6) is 0 Å². The molecule has 0 unspecified atom stereocenters. The second-order valence-electron chi connectivity index (χ2n) is 6.11. The highest BCUT2D eigenvalue weighted by Gasteiger charge is 2.14. The van der Waals surface area contributed by atoms with Gasteiger partial charge in [0.2, 0.25) is 11.8 Å². The van der Waals surface area contributed by atoms with Crippen LogP contribution in [-0.2, 0) is 16.0 Å². The number of carbonyl (C=O) groups excluding carboxylic acids is 2. The fraction of sp³-hybridized carbons (Fsp3) is 0.556. The van der Waals surface area contributed by atoms with Crippen LogP contribution in [0.3, 0.4) is 0 Å². The van der Waals surface area contributed by atoms with Gasteiger partial charge in [-0.15, -0.1) is 0 Å². The summed E-state index contributed by atoms with van der Waals surface area (Å²) in [6.45, 7) is 4.20. The van der Waals surface area contributed by atoms with Crippen LogP contribution in [-0.4, -0.2) is 31.4 Å². The van der Waals surface area contributed by atoms with Crippen LogP contribution in [0.15, 0.2) is 24.3 Å². The van der Waals surface area contributed by atoms with E-state index in [9.17, 15) is 9.59 Å². The van der Waals surface area contributed by atoms with E-state index >= 15 is 0 Å². The summed E-state index contributed by atoms with van der Waals surface area (Å²) in [5.41, 5.74) is 1.95. The van der Waals surface area contributed by atoms with E-state index in [0.717, 1.165) is 44.5 Å². The minimum atomic E-state index is -0.187. The van der Waals surface area contributed by atoms with Gasteiger partial charge >= 0.3 is 0 Å². The third kappa shape index (κ3) is 6.40. The van der Waals surface area contributed by atoms with Crippen LogP contribution in [0.25, 0.3) is 0 Å². The zero-order valence-corrected chi connectivity index (χ0v) is 13.9. The first-order chi connectivity index (χ1) is 11.2. The normalized spacial score (nSPS) is 15.2. The number of hydrogen-bond donors (Lipinski definition) is 3. The van der Waals surface area contributed by atoms with Gasteiger partial charge in [-0.3, -0.25) is 9.59 Å². The standard InChI is InChI=1S/C18H27N3O2/c1-2-14-4-3-5-16(12-14)21-18(23)13-20-17(22)7-6-15-8-10-19-11-9-15/h3-5,12,15,19H,2,6-11,13H2,1H3,(H,20,22)(H,21,23). The van der Waals surface area contributed by atoms with Crippen molar-refractivity contribution < 1.29 is 9.59 Å². The molecule has 0 bridgehead atoms. The van der Waals surface area contributed by atoms with Crippen molar-refractivity contribution in [1.29, 1.82) is 0 Å². The Bertz CT molecular complexity index is 525. The molecule has 1 aromatic rings. The van der Waals surface area contributed by atoms with Crippen LogP contribution >= 0.6 is 0 Å². The molecule has 2 rings (SSSR count). The lowest BCUT2D eigenvalue weighted by atomic mass is 9.93. The third-order valence-corrected chi connectivity index (χ3v) is 4.30. The van der Waals surface area contributed by atoms with Crippen molar-refractivity contribution in [2.45, 2.75) is 39.0 Å². The van der Waals surface area contributed by atoms with E-state index in [1.54, 1.807) is 0 Å². The van der Waals surface area contributed by atoms with E-state index in [1.165, 1.54) is 5.56 Å². The maximum absolute atomic E-state index is 11.9. The van der Waals surface area contributed by atoms with Crippen LogP contribution < -0.4 is 16.0 Å². The Morgan fingerprint density at radius 1 is 1.22 bits per heavy atom. The molecule has 2 amide bonds. The largest absolute Gasteiger partial charge is 0.347 e. The number of amides is 2. The lowest BCUT2D eigenvalue weighted by Gasteiger charge is -2.22. The highest BCUT2D eigenvalue weighted by Crippen LogP contribution is 2.17. The quantitative estimate of drug-likeness (QED) is 0.721. The van der Waals surface area contributed by atoms with Gasteiger partial charge in [0.25, 0.3) is 0 Å². The average molecular weight is 317 g/mol. The first-order valence-corrected chi connectivity index (χ1v) is 8.53. The second-order valence-corrected chi connectivity index (χ2v) is 6.11. The summed E-state index contributed by atoms with van der Waals surface area (Å²) in [7, 11) is 0. The third-order valence-electron chi connectivity index (χ3n) is 4.30. The zero-order valence-electron chi connectivity index (χ0n) is 13.9. The smallest absolute Gasteiger partial charge is 0.243 e. The molecule has 0 radical (unpaired) electrons. The molecule has 0 saturated carbocycles. The van der Waals surface area contributed by atoms with Gasteiger partial charge in [-0.25, -0.2) is 0 Å². The predicted molar refractivity (Wildman–Crippen MR) is 92.3 cm³/mol. The Morgan fingerprint density at radius 3 is 2.74 bits per heavy atom. The molecule has 0 aromatic heterocycles. The first kappa shape index (κ1) is 17.5. The number of anilines is 1. The van der Waals surface area contributed by atoms with Crippen LogP contribution in [0.2, 0.25) is 0 Å². The maximum Gasteiger partial charge on any atom is 0.243 e. The summed E-state index contributed by atoms with van der Waals surface area (Å²) < 4.78 is 0. The molecule has 1 saturated heterocycles. The van der Waals surface area contributed by atoms with Gasteiger partial charge in [-0.2, -0.15) is 0 Å². The molecule has 1 heterocycles. The molecule has 23 heavy (non-hydrogen) atoms. The topological polar surface area (TPSA) is 70.2 Å². The first-order valence-electron chi connectivity index (χ1n) is 8.53. The molecule has 0 atom stereocenters. The molecule has 126 valence electrons. The molecule has 0 spiro atoms. The minimum Gasteiger partial charge on any atom is -0.347 e. The Labute approximate surface area is 138 Å². The van der Waals surface area contributed by atoms with Gasteiger partial charge in [0.1, 0.15) is 0 Å². The highest BCUT2D eigenvalue weighted by molar-refractivity contribution is 5.94. The summed E-state index contributed by atoms with van der Waals surface area (Å²) >= 11 is 0. The summed E-state index contributed by atoms with van der Waals surface area (Å²) in [6.07, 6.45) is 4.62. The fourth-order valence-corrected chi connectivity index (χ4v) is 2.85. The van der Waals surface area contributed by atoms with Gasteiger partial charge in [0.15, 0.2) is 0 Å². The van der Waals surface area contributed by atoms with E-state index in [0.29, 0.717) is 12.3 Å². The number of aryl methyl sites for hydroxylation is 1. The lowest BCUT2D eigenvalue weighted by molar-refractivity contribution is -0.124. The molecule has 5 heteroatoms. The van der Waals surface area contributed by atoms with E-state index in [-0.39, 0.29) is 18.4 Å². The lowest BCUT2D eigenvalue weighted by Crippen LogP contribution is -2.33. The van der Waals surface area contributed by atoms with Crippen LogP contribution in [0.4, 0.5) is 5.69 Å². The van der Waals surface area contributed by atoms with E-state index in [2.05, 4.69) is 22.9 Å². The van der Waals surface area contributed by atoms with Gasteiger partial charge in [-0.05, 0) is 62.4 Å². The number of piperidine rings is 1. The molecular formula is C18H27N3O2. The number of nitrogens with one attached hydrogen (secondary N) is 3. The van der Waals surface area contributed by atoms with Gasteiger partial charge in [-0.1, -0.05) is 19.1 Å². The molecule has 1 aliphatic rings. The fourth-order valence-electron chi connectivity index (χ4n) is 2.85. The monoisotopic (exact) mass is 317 g/mol. The van der Waals surface area contributed by atoms with Gasteiger partial charge < -0.3 is 16.0 Å². The molecule has 1 fully saturated rings. The van der Waals surface area contributed by atoms with Crippen LogP contribution in [0.1, 0.15) is 38.2 Å². The maximum atomic E-state index is 11.9. The van der Waals surface area contributed by atoms with Gasteiger partial charge in [0.05, 0.1) is 6.54 Å². The van der Waals surface area contributed by atoms with Crippen molar-refractivity contribution in [2.75, 3.05) is 25.0 Å². The van der Waals surface area contributed by atoms with E-state index in [4.69, 9.17) is 0 Å². The predicted octanol–water partition coefficient (Wildman–Crippen LogP) is 2.08. The molecule has 0 aliphatic carbocycles. The second kappa shape index (κ2) is 9.30. The Hall–Kier alpha value is -1.88. The minimum absolute atomic E-state index is 0.0292. The van der Waals surface area contributed by atoms with Crippen molar-refractivity contribution in [3.8, 4) is 0 Å². The number of hydrogen-bond acceptors (Lipinski definition) is 3. The van der Waals surface area contributed by atoms with Gasteiger partial charge in [0, 0.05) is 12.1 Å². The van der Waals surface area contributed by atoms with Crippen molar-refractivity contribution in [3.05, 3.63) is 29.8 Å².